The predicted molar refractivity (Wildman–Crippen MR) is 103 cm³/mol. The molecule has 0 radical (unpaired) electrons. The molecule has 4 aromatic heterocycles. The van der Waals surface area contributed by atoms with E-state index >= 15 is 0 Å². The molecule has 1 N–H and O–H groups in total. The van der Waals surface area contributed by atoms with E-state index in [2.05, 4.69) is 20.2 Å². The van der Waals surface area contributed by atoms with E-state index in [4.69, 9.17) is 4.98 Å². The Kier molecular flexibility index (Phi) is 3.33. The minimum atomic E-state index is -0.0792. The quantitative estimate of drug-likeness (QED) is 0.526. The van der Waals surface area contributed by atoms with Crippen molar-refractivity contribution in [1.29, 1.82) is 0 Å². The second-order valence-electron chi connectivity index (χ2n) is 6.30. The molecule has 0 saturated carbocycles. The van der Waals surface area contributed by atoms with Crippen LogP contribution in [0.2, 0.25) is 0 Å². The first-order valence-corrected chi connectivity index (χ1v) is 8.43. The molecule has 5 aromatic rings. The summed E-state index contributed by atoms with van der Waals surface area (Å²) < 4.78 is 1.81. The van der Waals surface area contributed by atoms with Gasteiger partial charge in [-0.25, -0.2) is 4.98 Å². The van der Waals surface area contributed by atoms with Crippen LogP contribution in [0.15, 0.2) is 66.0 Å². The van der Waals surface area contributed by atoms with Crippen LogP contribution in [0.1, 0.15) is 0 Å². The lowest BCUT2D eigenvalue weighted by molar-refractivity contribution is 0.915. The maximum atomic E-state index is 12.3. The van der Waals surface area contributed by atoms with Gasteiger partial charge < -0.3 is 9.55 Å². The fraction of sp³-hybridized carbons (Fsp3) is 0.0500. The molecular weight excluding hydrogens is 340 g/mol. The van der Waals surface area contributed by atoms with Crippen LogP contribution >= 0.6 is 0 Å². The molecule has 0 saturated heterocycles. The molecule has 4 heterocycles. The molecule has 0 fully saturated rings. The zero-order valence-corrected chi connectivity index (χ0v) is 14.4. The van der Waals surface area contributed by atoms with Crippen LogP contribution in [-0.2, 0) is 7.05 Å². The first kappa shape index (κ1) is 15.4. The molecule has 0 atom stereocenters. The molecule has 7 nitrogen and oxygen atoms in total. The number of aromatic amines is 1. The highest BCUT2D eigenvalue weighted by atomic mass is 16.1. The summed E-state index contributed by atoms with van der Waals surface area (Å²) in [6, 6.07) is 13.3. The summed E-state index contributed by atoms with van der Waals surface area (Å²) in [5.74, 6) is 0.628. The lowest BCUT2D eigenvalue weighted by Gasteiger charge is -2.11. The maximum absolute atomic E-state index is 12.3. The van der Waals surface area contributed by atoms with Crippen LogP contribution in [-0.4, -0.2) is 29.7 Å². The molecule has 0 spiro atoms. The van der Waals surface area contributed by atoms with E-state index in [1.54, 1.807) is 23.3 Å². The molecule has 0 bridgehead atoms. The Morgan fingerprint density at radius 2 is 2.04 bits per heavy atom. The average Bonchev–Trinajstić information content (AvgIpc) is 3.13. The summed E-state index contributed by atoms with van der Waals surface area (Å²) >= 11 is 0. The van der Waals surface area contributed by atoms with Gasteiger partial charge in [-0.3, -0.25) is 9.78 Å². The third-order valence-electron chi connectivity index (χ3n) is 4.58. The number of H-pyrrole nitrogens is 1. The Morgan fingerprint density at radius 1 is 1.11 bits per heavy atom. The second-order valence-corrected chi connectivity index (χ2v) is 6.30. The standard InChI is InChI=1S/C20H14N6O/c1-26-11-23-25-20(26)18-14(10-15-17(27)6-8-22-19(15)24-18)12-4-5-16-13(9-12)3-2-7-21-16/h2-11H,1H3,(H,22,24,27). The number of nitrogens with zero attached hydrogens (tertiary/aromatic N) is 5. The summed E-state index contributed by atoms with van der Waals surface area (Å²) in [6.45, 7) is 0. The summed E-state index contributed by atoms with van der Waals surface area (Å²) in [5.41, 5.74) is 3.77. The maximum Gasteiger partial charge on any atom is 0.191 e. The van der Waals surface area contributed by atoms with E-state index in [-0.39, 0.29) is 5.43 Å². The van der Waals surface area contributed by atoms with Gasteiger partial charge in [-0.05, 0) is 29.8 Å². The van der Waals surface area contributed by atoms with Crippen LogP contribution in [0.5, 0.6) is 0 Å². The number of nitrogens with one attached hydrogen (secondary N) is 1. The van der Waals surface area contributed by atoms with Crippen molar-refractivity contribution in [3.63, 3.8) is 0 Å². The first-order chi connectivity index (χ1) is 13.2. The molecular formula is C20H14N6O. The molecule has 27 heavy (non-hydrogen) atoms. The van der Waals surface area contributed by atoms with Crippen LogP contribution in [0.25, 0.3) is 44.6 Å². The Balaban J connectivity index is 1.86. The SMILES string of the molecule is Cn1cnnc1-c1nc2[nH]ccc(=O)c2cc1-c1ccc2ncccc2c1. The molecule has 5 rings (SSSR count). The van der Waals surface area contributed by atoms with Gasteiger partial charge in [0.2, 0.25) is 0 Å². The zero-order chi connectivity index (χ0) is 18.4. The number of aryl methyl sites for hydroxylation is 1. The van der Waals surface area contributed by atoms with E-state index in [0.717, 1.165) is 22.0 Å². The first-order valence-electron chi connectivity index (χ1n) is 8.43. The van der Waals surface area contributed by atoms with Gasteiger partial charge in [0.1, 0.15) is 17.7 Å². The van der Waals surface area contributed by atoms with Crippen molar-refractivity contribution in [2.45, 2.75) is 0 Å². The van der Waals surface area contributed by atoms with Crippen LogP contribution in [0.4, 0.5) is 0 Å². The Bertz CT molecular complexity index is 1370. The average molecular weight is 354 g/mol. The van der Waals surface area contributed by atoms with Crippen molar-refractivity contribution in [2.24, 2.45) is 7.05 Å². The molecule has 0 aliphatic rings. The number of pyridine rings is 3. The van der Waals surface area contributed by atoms with E-state index in [1.165, 1.54) is 6.07 Å². The van der Waals surface area contributed by atoms with Crippen molar-refractivity contribution < 1.29 is 0 Å². The molecule has 1 aromatic carbocycles. The highest BCUT2D eigenvalue weighted by Crippen LogP contribution is 2.32. The Labute approximate surface area is 153 Å². The Morgan fingerprint density at radius 3 is 2.89 bits per heavy atom. The van der Waals surface area contributed by atoms with E-state index in [1.807, 2.05) is 43.4 Å². The summed E-state index contributed by atoms with van der Waals surface area (Å²) in [4.78, 5) is 24.5. The Hall–Kier alpha value is -3.87. The van der Waals surface area contributed by atoms with Gasteiger partial charge in [0.05, 0.1) is 10.9 Å². The molecule has 130 valence electrons. The minimum absolute atomic E-state index is 0.0792. The highest BCUT2D eigenvalue weighted by Gasteiger charge is 2.17. The van der Waals surface area contributed by atoms with Gasteiger partial charge in [-0.1, -0.05) is 12.1 Å². The summed E-state index contributed by atoms with van der Waals surface area (Å²) in [6.07, 6.45) is 4.99. The number of hydrogen-bond donors (Lipinski definition) is 1. The number of hydrogen-bond acceptors (Lipinski definition) is 5. The van der Waals surface area contributed by atoms with E-state index in [0.29, 0.717) is 22.6 Å². The number of rotatable bonds is 2. The van der Waals surface area contributed by atoms with E-state index in [9.17, 15) is 4.79 Å². The zero-order valence-electron chi connectivity index (χ0n) is 14.4. The van der Waals surface area contributed by atoms with Gasteiger partial charge in [0.25, 0.3) is 0 Å². The van der Waals surface area contributed by atoms with Crippen molar-refractivity contribution in [1.82, 2.24) is 29.7 Å². The van der Waals surface area contributed by atoms with Crippen molar-refractivity contribution in [3.05, 3.63) is 71.4 Å². The van der Waals surface area contributed by atoms with Crippen LogP contribution < -0.4 is 5.43 Å². The third kappa shape index (κ3) is 2.48. The fourth-order valence-electron chi connectivity index (χ4n) is 3.23. The fourth-order valence-corrected chi connectivity index (χ4v) is 3.23. The minimum Gasteiger partial charge on any atom is -0.346 e. The summed E-state index contributed by atoms with van der Waals surface area (Å²) in [5, 5.41) is 9.73. The molecule has 0 unspecified atom stereocenters. The molecule has 0 amide bonds. The number of benzene rings is 1. The van der Waals surface area contributed by atoms with Crippen LogP contribution in [0, 0.1) is 0 Å². The van der Waals surface area contributed by atoms with Gasteiger partial charge in [-0.15, -0.1) is 10.2 Å². The number of fused-ring (bicyclic) bond motifs is 2. The third-order valence-corrected chi connectivity index (χ3v) is 4.58. The molecule has 0 aliphatic carbocycles. The largest absolute Gasteiger partial charge is 0.346 e. The smallest absolute Gasteiger partial charge is 0.191 e. The van der Waals surface area contributed by atoms with Crippen molar-refractivity contribution in [2.75, 3.05) is 0 Å². The normalized spacial score (nSPS) is 11.3. The summed E-state index contributed by atoms with van der Waals surface area (Å²) in [7, 11) is 1.86. The number of aromatic nitrogens is 6. The molecule has 0 aliphatic heterocycles. The monoisotopic (exact) mass is 354 g/mol. The molecule has 7 heteroatoms. The predicted octanol–water partition coefficient (Wildman–Crippen LogP) is 2.93. The van der Waals surface area contributed by atoms with Gasteiger partial charge in [-0.2, -0.15) is 0 Å². The lowest BCUT2D eigenvalue weighted by atomic mass is 10.00. The van der Waals surface area contributed by atoms with Crippen molar-refractivity contribution >= 4 is 21.9 Å². The van der Waals surface area contributed by atoms with Crippen molar-refractivity contribution in [3.8, 4) is 22.6 Å². The van der Waals surface area contributed by atoms with Gasteiger partial charge >= 0.3 is 0 Å². The van der Waals surface area contributed by atoms with Gasteiger partial charge in [0, 0.05) is 36.5 Å². The van der Waals surface area contributed by atoms with Crippen LogP contribution in [0.3, 0.4) is 0 Å². The topological polar surface area (TPSA) is 89.4 Å². The second kappa shape index (κ2) is 5.84. The van der Waals surface area contributed by atoms with Gasteiger partial charge in [0.15, 0.2) is 11.3 Å². The highest BCUT2D eigenvalue weighted by molar-refractivity contribution is 5.92. The van der Waals surface area contributed by atoms with E-state index < -0.39 is 0 Å². The lowest BCUT2D eigenvalue weighted by Crippen LogP contribution is -2.05.